The van der Waals surface area contributed by atoms with Crippen molar-refractivity contribution in [3.05, 3.63) is 104 Å². The van der Waals surface area contributed by atoms with Gasteiger partial charge in [0.25, 0.3) is 0 Å². The lowest BCUT2D eigenvalue weighted by Gasteiger charge is -2.35. The fourth-order valence-corrected chi connectivity index (χ4v) is 19.3. The Labute approximate surface area is 683 Å². The van der Waals surface area contributed by atoms with E-state index >= 15 is 0 Å². The van der Waals surface area contributed by atoms with Crippen LogP contribution in [-0.4, -0.2) is 173 Å². The topological polar surface area (TPSA) is 309 Å². The highest BCUT2D eigenvalue weighted by molar-refractivity contribution is 7.13. The number of aromatic amines is 1. The van der Waals surface area contributed by atoms with Gasteiger partial charge in [-0.2, -0.15) is 0 Å². The zero-order valence-corrected chi connectivity index (χ0v) is 70.3. The molecule has 2 unspecified atom stereocenters. The van der Waals surface area contributed by atoms with Gasteiger partial charge in [-0.3, -0.25) is 43.2 Å². The van der Waals surface area contributed by atoms with Gasteiger partial charge in [0, 0.05) is 85.1 Å². The van der Waals surface area contributed by atoms with Crippen molar-refractivity contribution >= 4 is 115 Å². The third-order valence-electron chi connectivity index (χ3n) is 24.2. The molecule has 6 saturated carbocycles. The number of esters is 3. The first kappa shape index (κ1) is 85.2. The Morgan fingerprint density at radius 2 is 1.11 bits per heavy atom. The average Bonchev–Trinajstić information content (AvgIpc) is 1.60. The molecule has 14 rings (SSSR count). The highest BCUT2D eigenvalue weighted by Gasteiger charge is 2.63. The number of fused-ring (bicyclic) bond motifs is 4. The van der Waals surface area contributed by atoms with Crippen LogP contribution in [-0.2, 0) is 62.0 Å². The number of amides is 2. The maximum Gasteiger partial charge on any atom is 0.312 e. The van der Waals surface area contributed by atoms with E-state index in [1.165, 1.54) is 47.5 Å². The molecule has 6 heterocycles. The second-order valence-corrected chi connectivity index (χ2v) is 37.1. The van der Waals surface area contributed by atoms with E-state index in [1.807, 2.05) is 73.1 Å². The van der Waals surface area contributed by atoms with Gasteiger partial charge in [-0.25, -0.2) is 15.0 Å². The van der Waals surface area contributed by atoms with Gasteiger partial charge in [0.15, 0.2) is 17.0 Å². The number of Topliss-reactive ketones (excluding diaryl/α,β-unsaturated/α-hetero) is 2. The summed E-state index contributed by atoms with van der Waals surface area (Å²) < 4.78 is 44.9. The Kier molecular flexibility index (Phi) is 26.1. The molecule has 8 aliphatic rings. The minimum atomic E-state index is -1.26. The summed E-state index contributed by atoms with van der Waals surface area (Å²) in [7, 11) is 4.52. The minimum Gasteiger partial charge on any atom is -0.490 e. The van der Waals surface area contributed by atoms with Crippen molar-refractivity contribution in [3.8, 4) is 38.7 Å². The van der Waals surface area contributed by atoms with Crippen LogP contribution in [0.5, 0.6) is 17.2 Å². The number of carbonyl (C=O) groups is 8. The molecule has 28 heteroatoms. The number of nitrogens with zero attached hydrogens (tertiary/aromatic N) is 5. The molecular formula is C86H106Cl2N6O18S2. The molecule has 6 aliphatic carbocycles. The second-order valence-electron chi connectivity index (χ2n) is 34.6. The van der Waals surface area contributed by atoms with Gasteiger partial charge < -0.3 is 57.8 Å². The number of aliphatic carboxylic acids is 1. The summed E-state index contributed by atoms with van der Waals surface area (Å²) in [6.07, 6.45) is 9.75. The zero-order valence-electron chi connectivity index (χ0n) is 67.1. The van der Waals surface area contributed by atoms with Crippen LogP contribution in [0.15, 0.2) is 77.3 Å². The Morgan fingerprint density at radius 1 is 0.623 bits per heavy atom. The number of aryl methyl sites for hydroxylation is 2. The molecule has 0 spiro atoms. The van der Waals surface area contributed by atoms with Crippen LogP contribution in [0, 0.1) is 88.8 Å². The third-order valence-corrected chi connectivity index (χ3v) is 26.9. The van der Waals surface area contributed by atoms with Crippen LogP contribution in [0.4, 0.5) is 0 Å². The summed E-state index contributed by atoms with van der Waals surface area (Å²) in [6.45, 7) is 27.0. The third kappa shape index (κ3) is 19.1. The molecule has 4 aromatic heterocycles. The van der Waals surface area contributed by atoms with Crippen molar-refractivity contribution in [1.29, 1.82) is 0 Å². The summed E-state index contributed by atoms with van der Waals surface area (Å²) >= 11 is 16.2. The molecule has 2 aromatic carbocycles. The van der Waals surface area contributed by atoms with Crippen LogP contribution in [0.2, 0.25) is 10.0 Å². The lowest BCUT2D eigenvalue weighted by molar-refractivity contribution is -0.157. The first-order valence-electron chi connectivity index (χ1n) is 39.5. The number of carboxylic acid groups (broad SMARTS) is 1. The summed E-state index contributed by atoms with van der Waals surface area (Å²) in [5.41, 5.74) is 0.549. The highest BCUT2D eigenvalue weighted by atomic mass is 35.5. The number of hydrogen-bond donors (Lipinski definition) is 2. The van der Waals surface area contributed by atoms with Crippen molar-refractivity contribution in [3.63, 3.8) is 0 Å². The van der Waals surface area contributed by atoms with E-state index < -0.39 is 63.6 Å². The number of ether oxygens (including phenoxy) is 8. The number of ketones is 2. The largest absolute Gasteiger partial charge is 0.490 e. The van der Waals surface area contributed by atoms with Gasteiger partial charge in [0.1, 0.15) is 74.5 Å². The number of likely N-dealkylation sites (tertiary alicyclic amines) is 2. The van der Waals surface area contributed by atoms with Crippen molar-refractivity contribution in [2.45, 2.75) is 183 Å². The van der Waals surface area contributed by atoms with Gasteiger partial charge in [0.2, 0.25) is 11.8 Å². The van der Waals surface area contributed by atoms with Gasteiger partial charge in [-0.15, -0.1) is 35.8 Å². The van der Waals surface area contributed by atoms with Crippen LogP contribution < -0.4 is 19.6 Å². The first-order valence-corrected chi connectivity index (χ1v) is 42.0. The number of carboxylic acids is 1. The zero-order chi connectivity index (χ0) is 82.2. The van der Waals surface area contributed by atoms with E-state index in [2.05, 4.69) is 28.1 Å². The van der Waals surface area contributed by atoms with Gasteiger partial charge in [-0.05, 0) is 148 Å². The number of methoxy groups -OCH3 is 3. The molecular weight excluding hydrogens is 1540 g/mol. The first-order chi connectivity index (χ1) is 54.1. The minimum absolute atomic E-state index is 0.0184. The monoisotopic (exact) mass is 1640 g/mol. The van der Waals surface area contributed by atoms with E-state index in [-0.39, 0.29) is 121 Å². The number of thiazole rings is 2. The molecule has 2 N–H and O–H groups in total. The fourth-order valence-electron chi connectivity index (χ4n) is 17.3. The molecule has 8 fully saturated rings. The van der Waals surface area contributed by atoms with Crippen LogP contribution in [0.25, 0.3) is 43.2 Å². The maximum atomic E-state index is 14.7. The van der Waals surface area contributed by atoms with E-state index in [9.17, 15) is 48.3 Å². The van der Waals surface area contributed by atoms with Crippen LogP contribution in [0.1, 0.15) is 150 Å². The van der Waals surface area contributed by atoms with E-state index in [0.29, 0.717) is 130 Å². The molecule has 2 aliphatic heterocycles. The Bertz CT molecular complexity index is 4720. The molecule has 16 atom stereocenters. The van der Waals surface area contributed by atoms with Crippen molar-refractivity contribution in [2.75, 3.05) is 60.8 Å². The van der Waals surface area contributed by atoms with Crippen LogP contribution >= 0.6 is 45.9 Å². The van der Waals surface area contributed by atoms with Gasteiger partial charge >= 0.3 is 23.9 Å². The van der Waals surface area contributed by atoms with Gasteiger partial charge in [-0.1, -0.05) is 83.8 Å². The summed E-state index contributed by atoms with van der Waals surface area (Å²) in [4.78, 5) is 140. The normalized spacial score (nSPS) is 26.6. The lowest BCUT2D eigenvalue weighted by Crippen LogP contribution is -2.48. The number of hydrogen-bond acceptors (Lipinski definition) is 22. The van der Waals surface area contributed by atoms with Crippen molar-refractivity contribution in [1.82, 2.24) is 29.7 Å². The Hall–Kier alpha value is -8.14. The number of aromatic nitrogens is 4. The van der Waals surface area contributed by atoms with Crippen molar-refractivity contribution < 1.29 is 81.4 Å². The summed E-state index contributed by atoms with van der Waals surface area (Å²) in [5.74, 6) is -0.801. The highest BCUT2D eigenvalue weighted by Crippen LogP contribution is 2.59. The average molecular weight is 1650 g/mol. The Morgan fingerprint density at radius 3 is 1.60 bits per heavy atom. The number of nitrogens with one attached hydrogen (secondary N) is 1. The molecule has 114 heavy (non-hydrogen) atoms. The number of allylic oxidation sites excluding steroid dienone is 2. The predicted molar refractivity (Wildman–Crippen MR) is 433 cm³/mol. The standard InChI is InChI=1S/C42H50ClN3O9S.C28H41NO6.C16H15ClN2O3S/c1-7-25-18-42(25,40(50)51)19-32(47)31-15-27(20-46(31)39(49)29(41(3,4)5)16-35(48)55-26-13-23-12-24(23)14-26)54-34-17-30(38-44-22(2)21-56-38)45-37-28(34)8-9-33(36(37)43)53-11-10-52-6;1-7-19-13-28(19,26(33)34-6)14-23(30)22-8-16(2)15-29(22)25(32)21(27(3,4)5)12-24(31)35-20-10-17-9-18(17)11-20;1-9-8-23-16(18-9)11-7-12(20)10-3-4-13(22-6-5-21-2)14(17)15(10)19-11/h7-9,17,21,23-27,29,31H,1,10-16,18-20H2,2-6H3,(H,50,51);7,16-22H,1,8-15H2,2-6H3;3-4,7-8H,5-6H2,1-2H3,(H,19,20)/t23-,24+,25-,26?,27-,29-,31+,42-;16-,17-,18+,19+,20?,21+,22-,28+;/m10./s1. The number of pyridine rings is 2. The predicted octanol–water partition coefficient (Wildman–Crippen LogP) is 14.9. The smallest absolute Gasteiger partial charge is 0.312 e. The molecule has 6 aromatic rings. The van der Waals surface area contributed by atoms with Crippen LogP contribution in [0.3, 0.4) is 0 Å². The molecule has 614 valence electrons. The summed E-state index contributed by atoms with van der Waals surface area (Å²) in [6, 6.07) is 8.70. The van der Waals surface area contributed by atoms with E-state index in [0.717, 1.165) is 42.1 Å². The molecule has 24 nitrogen and oxygen atoms in total. The second kappa shape index (κ2) is 35.0. The maximum absolute atomic E-state index is 14.7. The van der Waals surface area contributed by atoms with Gasteiger partial charge in [0.05, 0.1) is 91.2 Å². The lowest BCUT2D eigenvalue weighted by atomic mass is 9.77. The number of benzene rings is 2. The number of halogens is 2. The number of H-pyrrole nitrogens is 1. The number of rotatable bonds is 30. The quantitative estimate of drug-likeness (QED) is 0.0183. The SMILES string of the molecule is C=C[C@@H]1C[C@]1(CC(=O)[C@@H]1C[C@@H](Oc2cc(-c3nc(C)cs3)nc3c(Cl)c(OCCOC)ccc23)CN1C(=O)[C@@H](CC(=O)OC1C[C@@H]2C[C@@H]2C1)C(C)(C)C)C(=O)O.C=C[C@@H]1C[C@]1(CC(=O)[C@@H]1C[C@H](C)CN1C(=O)[C@@H](CC(=O)OC1C[C@@H]2C[C@@H]2C1)C(C)(C)C)C(=O)OC.COCCOc1ccc2c(=O)cc(-c3nc(C)cs3)[nH]c2c1Cl. The van der Waals surface area contributed by atoms with Crippen molar-refractivity contribution in [2.24, 2.45) is 74.9 Å². The molecule has 0 bridgehead atoms. The molecule has 2 amide bonds. The summed E-state index contributed by atoms with van der Waals surface area (Å²) in [5, 5.41) is 17.2. The Balaban J connectivity index is 0.000000175. The number of carbonyl (C=O) groups excluding carboxylic acids is 7. The van der Waals surface area contributed by atoms with E-state index in [4.69, 9.17) is 66.1 Å². The van der Waals surface area contributed by atoms with E-state index in [1.54, 1.807) is 67.7 Å². The molecule has 0 radical (unpaired) electrons. The molecule has 2 saturated heterocycles. The fraction of sp³-hybridized carbons (Fsp3) is 0.581.